The molecule has 0 aromatic heterocycles. The van der Waals surface area contributed by atoms with Gasteiger partial charge in [0.05, 0.1) is 0 Å². The van der Waals surface area contributed by atoms with Crippen molar-refractivity contribution in [1.29, 1.82) is 0 Å². The van der Waals surface area contributed by atoms with Crippen LogP contribution >= 0.6 is 0 Å². The molecule has 0 heterocycles. The van der Waals surface area contributed by atoms with Crippen LogP contribution in [0.1, 0.15) is 49.5 Å². The lowest BCUT2D eigenvalue weighted by molar-refractivity contribution is -0.114. The molecule has 2 aromatic rings. The van der Waals surface area contributed by atoms with E-state index in [2.05, 4.69) is 61.7 Å². The Morgan fingerprint density at radius 2 is 1.59 bits per heavy atom. The zero-order valence-corrected chi connectivity index (χ0v) is 13.7. The zero-order valence-electron chi connectivity index (χ0n) is 13.7. The molecule has 0 aliphatic carbocycles. The molecule has 2 atom stereocenters. The maximum atomic E-state index is 11.2. The van der Waals surface area contributed by atoms with Crippen LogP contribution in [0.15, 0.2) is 48.5 Å². The van der Waals surface area contributed by atoms with Crippen molar-refractivity contribution in [1.82, 2.24) is 5.32 Å². The standard InChI is InChI=1S/C19H24N2O/c1-13-8-10-17(11-9-13)14(2)20-15(3)18-6-5-7-19(12-18)21-16(4)22/h5-12,14-15,20H,1-4H3,(H,21,22). The molecule has 2 N–H and O–H groups in total. The summed E-state index contributed by atoms with van der Waals surface area (Å²) >= 11 is 0. The largest absolute Gasteiger partial charge is 0.326 e. The summed E-state index contributed by atoms with van der Waals surface area (Å²) in [7, 11) is 0. The predicted molar refractivity (Wildman–Crippen MR) is 91.9 cm³/mol. The van der Waals surface area contributed by atoms with E-state index in [1.165, 1.54) is 18.1 Å². The Morgan fingerprint density at radius 3 is 2.23 bits per heavy atom. The summed E-state index contributed by atoms with van der Waals surface area (Å²) in [5.41, 5.74) is 4.54. The second kappa shape index (κ2) is 7.23. The van der Waals surface area contributed by atoms with Gasteiger partial charge < -0.3 is 10.6 Å². The van der Waals surface area contributed by atoms with Gasteiger partial charge in [0.25, 0.3) is 0 Å². The van der Waals surface area contributed by atoms with Crippen LogP contribution in [0, 0.1) is 6.92 Å². The highest BCUT2D eigenvalue weighted by molar-refractivity contribution is 5.88. The van der Waals surface area contributed by atoms with Crippen LogP contribution < -0.4 is 10.6 Å². The van der Waals surface area contributed by atoms with Crippen LogP contribution in [0.5, 0.6) is 0 Å². The van der Waals surface area contributed by atoms with Crippen molar-refractivity contribution in [2.75, 3.05) is 5.32 Å². The number of carbonyl (C=O) groups is 1. The van der Waals surface area contributed by atoms with E-state index in [0.29, 0.717) is 0 Å². The fourth-order valence-electron chi connectivity index (χ4n) is 2.51. The van der Waals surface area contributed by atoms with E-state index in [9.17, 15) is 4.79 Å². The van der Waals surface area contributed by atoms with E-state index >= 15 is 0 Å². The summed E-state index contributed by atoms with van der Waals surface area (Å²) in [6.45, 7) is 7.92. The van der Waals surface area contributed by atoms with Gasteiger partial charge in [0, 0.05) is 24.7 Å². The minimum absolute atomic E-state index is 0.0502. The third-order valence-corrected chi connectivity index (χ3v) is 3.78. The highest BCUT2D eigenvalue weighted by Gasteiger charge is 2.11. The molecule has 116 valence electrons. The van der Waals surface area contributed by atoms with Crippen LogP contribution in [-0.4, -0.2) is 5.91 Å². The summed E-state index contributed by atoms with van der Waals surface area (Å²) in [4.78, 5) is 11.2. The van der Waals surface area contributed by atoms with Crippen molar-refractivity contribution < 1.29 is 4.79 Å². The van der Waals surface area contributed by atoms with Gasteiger partial charge in [-0.05, 0) is 44.0 Å². The topological polar surface area (TPSA) is 41.1 Å². The van der Waals surface area contributed by atoms with Gasteiger partial charge in [0.15, 0.2) is 0 Å². The van der Waals surface area contributed by atoms with Gasteiger partial charge in [0.2, 0.25) is 5.91 Å². The molecule has 3 heteroatoms. The predicted octanol–water partition coefficient (Wildman–Crippen LogP) is 4.37. The third kappa shape index (κ3) is 4.43. The molecule has 0 bridgehead atoms. The summed E-state index contributed by atoms with van der Waals surface area (Å²) in [5.74, 6) is -0.0502. The fraction of sp³-hybridized carbons (Fsp3) is 0.316. The monoisotopic (exact) mass is 296 g/mol. The minimum atomic E-state index is -0.0502. The van der Waals surface area contributed by atoms with E-state index in [1.54, 1.807) is 0 Å². The van der Waals surface area contributed by atoms with Gasteiger partial charge >= 0.3 is 0 Å². The Bertz CT molecular complexity index is 634. The van der Waals surface area contributed by atoms with Crippen molar-refractivity contribution in [3.63, 3.8) is 0 Å². The zero-order chi connectivity index (χ0) is 16.1. The van der Waals surface area contributed by atoms with E-state index in [1.807, 2.05) is 18.2 Å². The first kappa shape index (κ1) is 16.2. The quantitative estimate of drug-likeness (QED) is 0.860. The van der Waals surface area contributed by atoms with Crippen LogP contribution in [0.3, 0.4) is 0 Å². The second-order valence-electron chi connectivity index (χ2n) is 5.83. The van der Waals surface area contributed by atoms with Crippen molar-refractivity contribution in [2.24, 2.45) is 0 Å². The van der Waals surface area contributed by atoms with Gasteiger partial charge in [0.1, 0.15) is 0 Å². The van der Waals surface area contributed by atoms with Crippen LogP contribution in [-0.2, 0) is 4.79 Å². The number of anilines is 1. The van der Waals surface area contributed by atoms with E-state index in [0.717, 1.165) is 11.3 Å². The number of aryl methyl sites for hydroxylation is 1. The molecule has 0 fully saturated rings. The van der Waals surface area contributed by atoms with Crippen LogP contribution in [0.25, 0.3) is 0 Å². The summed E-state index contributed by atoms with van der Waals surface area (Å²) in [5, 5.41) is 6.42. The van der Waals surface area contributed by atoms with Gasteiger partial charge in [-0.2, -0.15) is 0 Å². The summed E-state index contributed by atoms with van der Waals surface area (Å²) in [6, 6.07) is 17.0. The number of nitrogens with one attached hydrogen (secondary N) is 2. The molecule has 0 spiro atoms. The average molecular weight is 296 g/mol. The minimum Gasteiger partial charge on any atom is -0.326 e. The molecule has 0 aliphatic rings. The number of carbonyl (C=O) groups excluding carboxylic acids is 1. The van der Waals surface area contributed by atoms with Crippen molar-refractivity contribution in [3.8, 4) is 0 Å². The maximum absolute atomic E-state index is 11.2. The molecule has 2 aromatic carbocycles. The van der Waals surface area contributed by atoms with Gasteiger partial charge in [-0.25, -0.2) is 0 Å². The normalized spacial score (nSPS) is 13.5. The lowest BCUT2D eigenvalue weighted by Gasteiger charge is -2.21. The van der Waals surface area contributed by atoms with Gasteiger partial charge in [-0.3, -0.25) is 4.79 Å². The Hall–Kier alpha value is -2.13. The molecule has 3 nitrogen and oxygen atoms in total. The molecular formula is C19H24N2O. The lowest BCUT2D eigenvalue weighted by Crippen LogP contribution is -2.22. The number of hydrogen-bond acceptors (Lipinski definition) is 2. The molecule has 2 unspecified atom stereocenters. The van der Waals surface area contributed by atoms with E-state index in [-0.39, 0.29) is 18.0 Å². The fourth-order valence-corrected chi connectivity index (χ4v) is 2.51. The summed E-state index contributed by atoms with van der Waals surface area (Å²) in [6.07, 6.45) is 0. The molecule has 2 rings (SSSR count). The first-order valence-electron chi connectivity index (χ1n) is 7.66. The number of benzene rings is 2. The molecule has 0 aliphatic heterocycles. The van der Waals surface area contributed by atoms with Gasteiger partial charge in [-0.15, -0.1) is 0 Å². The third-order valence-electron chi connectivity index (χ3n) is 3.78. The Kier molecular flexibility index (Phi) is 5.34. The second-order valence-corrected chi connectivity index (χ2v) is 5.83. The Balaban J connectivity index is 2.06. The Morgan fingerprint density at radius 1 is 0.955 bits per heavy atom. The van der Waals surface area contributed by atoms with Crippen molar-refractivity contribution in [2.45, 2.75) is 39.8 Å². The molecule has 1 amide bonds. The maximum Gasteiger partial charge on any atom is 0.221 e. The summed E-state index contributed by atoms with van der Waals surface area (Å²) < 4.78 is 0. The van der Waals surface area contributed by atoms with Crippen molar-refractivity contribution in [3.05, 3.63) is 65.2 Å². The van der Waals surface area contributed by atoms with E-state index in [4.69, 9.17) is 0 Å². The highest BCUT2D eigenvalue weighted by atomic mass is 16.1. The van der Waals surface area contributed by atoms with Crippen LogP contribution in [0.4, 0.5) is 5.69 Å². The van der Waals surface area contributed by atoms with E-state index < -0.39 is 0 Å². The first-order valence-corrected chi connectivity index (χ1v) is 7.66. The molecule has 22 heavy (non-hydrogen) atoms. The first-order chi connectivity index (χ1) is 10.5. The number of amides is 1. The highest BCUT2D eigenvalue weighted by Crippen LogP contribution is 2.22. The van der Waals surface area contributed by atoms with Crippen LogP contribution in [0.2, 0.25) is 0 Å². The molecular weight excluding hydrogens is 272 g/mol. The molecule has 0 radical (unpaired) electrons. The molecule has 0 saturated heterocycles. The van der Waals surface area contributed by atoms with Crippen molar-refractivity contribution >= 4 is 11.6 Å². The molecule has 0 saturated carbocycles. The average Bonchev–Trinajstić information content (AvgIpc) is 2.47. The SMILES string of the molecule is CC(=O)Nc1cccc(C(C)NC(C)c2ccc(C)cc2)c1. The number of rotatable bonds is 5. The Labute approximate surface area is 132 Å². The lowest BCUT2D eigenvalue weighted by atomic mass is 10.0. The number of hydrogen-bond donors (Lipinski definition) is 2. The smallest absolute Gasteiger partial charge is 0.221 e. The van der Waals surface area contributed by atoms with Gasteiger partial charge in [-0.1, -0.05) is 42.0 Å².